The van der Waals surface area contributed by atoms with E-state index in [0.29, 0.717) is 4.90 Å². The molecule has 0 saturated carbocycles. The first kappa shape index (κ1) is 18.6. The van der Waals surface area contributed by atoms with E-state index < -0.39 is 42.2 Å². The molecule has 2 rings (SSSR count). The maximum atomic E-state index is 13.4. The van der Waals surface area contributed by atoms with Crippen LogP contribution in [0.5, 0.6) is 0 Å². The van der Waals surface area contributed by atoms with Gasteiger partial charge in [-0.05, 0) is 17.7 Å². The zero-order chi connectivity index (χ0) is 17.1. The molecular weight excluding hydrogens is 372 g/mol. The Morgan fingerprint density at radius 2 is 1.91 bits per heavy atom. The van der Waals surface area contributed by atoms with E-state index in [9.17, 15) is 19.7 Å². The molecule has 1 aliphatic rings. The van der Waals surface area contributed by atoms with E-state index in [-0.39, 0.29) is 10.0 Å². The Bertz CT molecular complexity index is 611. The molecule has 1 aliphatic heterocycles. The third-order valence-electron chi connectivity index (χ3n) is 3.24. The first-order valence-corrected chi connectivity index (χ1v) is 8.00. The first-order chi connectivity index (χ1) is 10.9. The van der Waals surface area contributed by atoms with Gasteiger partial charge in [0.2, 0.25) is 0 Å². The van der Waals surface area contributed by atoms with Crippen molar-refractivity contribution in [3.05, 3.63) is 38.4 Å². The molecule has 1 heterocycles. The molecule has 0 amide bonds. The van der Waals surface area contributed by atoms with Crippen LogP contribution in [0.1, 0.15) is 0 Å². The van der Waals surface area contributed by atoms with Crippen molar-refractivity contribution >= 4 is 35.0 Å². The molecule has 23 heavy (non-hydrogen) atoms. The average molecular weight is 384 g/mol. The lowest BCUT2D eigenvalue weighted by Gasteiger charge is -2.40. The number of rotatable bonds is 4. The van der Waals surface area contributed by atoms with Crippen molar-refractivity contribution in [3.8, 4) is 0 Å². The van der Waals surface area contributed by atoms with Crippen LogP contribution in [0.2, 0.25) is 10.0 Å². The minimum absolute atomic E-state index is 0.198. The molecule has 5 atom stereocenters. The van der Waals surface area contributed by atoms with E-state index in [1.807, 2.05) is 0 Å². The second-order valence-electron chi connectivity index (χ2n) is 4.72. The largest absolute Gasteiger partial charge is 0.394 e. The van der Waals surface area contributed by atoms with Gasteiger partial charge in [-0.1, -0.05) is 40.1 Å². The summed E-state index contributed by atoms with van der Waals surface area (Å²) in [6.07, 6.45) is -3.75. The van der Waals surface area contributed by atoms with Crippen molar-refractivity contribution in [1.82, 2.24) is 0 Å². The van der Waals surface area contributed by atoms with Crippen molar-refractivity contribution in [3.63, 3.8) is 0 Å². The Morgan fingerprint density at radius 3 is 2.43 bits per heavy atom. The van der Waals surface area contributed by atoms with Crippen LogP contribution >= 0.6 is 35.0 Å². The maximum absolute atomic E-state index is 13.4. The standard InChI is InChI=1S/C12H12Cl2FN3O4S/c13-5-1-4(2-6(14)8(5)15)23-12-11(21)9(17-18-16)10(20)7(3-19)22-12/h1-2,7,9-12,19-21H,3H2/t7?,9-,10-,11?,12+/m0/s1. The Labute approximate surface area is 144 Å². The van der Waals surface area contributed by atoms with E-state index in [2.05, 4.69) is 10.0 Å². The highest BCUT2D eigenvalue weighted by atomic mass is 35.5. The number of azide groups is 1. The Balaban J connectivity index is 2.25. The second kappa shape index (κ2) is 7.87. The smallest absolute Gasteiger partial charge is 0.160 e. The van der Waals surface area contributed by atoms with E-state index >= 15 is 0 Å². The number of aliphatic hydroxyl groups is 3. The lowest BCUT2D eigenvalue weighted by atomic mass is 9.98. The van der Waals surface area contributed by atoms with Crippen LogP contribution < -0.4 is 0 Å². The highest BCUT2D eigenvalue weighted by molar-refractivity contribution is 7.99. The van der Waals surface area contributed by atoms with Gasteiger partial charge >= 0.3 is 0 Å². The number of ether oxygens (including phenoxy) is 1. The highest BCUT2D eigenvalue weighted by Gasteiger charge is 2.44. The molecule has 126 valence electrons. The Kier molecular flexibility index (Phi) is 6.35. The van der Waals surface area contributed by atoms with Gasteiger partial charge in [-0.3, -0.25) is 0 Å². The summed E-state index contributed by atoms with van der Waals surface area (Å²) in [7, 11) is 0. The quantitative estimate of drug-likeness (QED) is 0.319. The summed E-state index contributed by atoms with van der Waals surface area (Å²) in [5.74, 6) is -0.765. The summed E-state index contributed by atoms with van der Waals surface area (Å²) < 4.78 is 18.8. The van der Waals surface area contributed by atoms with Gasteiger partial charge in [0.1, 0.15) is 17.6 Å². The van der Waals surface area contributed by atoms with Gasteiger partial charge in [-0.15, -0.1) is 0 Å². The molecule has 1 saturated heterocycles. The summed E-state index contributed by atoms with van der Waals surface area (Å²) >= 11 is 12.4. The molecule has 0 radical (unpaired) electrons. The van der Waals surface area contributed by atoms with Gasteiger partial charge in [-0.2, -0.15) is 0 Å². The van der Waals surface area contributed by atoms with Crippen LogP contribution in [-0.4, -0.2) is 51.7 Å². The number of hydrogen-bond donors (Lipinski definition) is 3. The predicted molar refractivity (Wildman–Crippen MR) is 83.0 cm³/mol. The maximum Gasteiger partial charge on any atom is 0.160 e. The number of halogens is 3. The van der Waals surface area contributed by atoms with Crippen LogP contribution in [0, 0.1) is 5.82 Å². The fourth-order valence-corrected chi connectivity index (χ4v) is 3.85. The van der Waals surface area contributed by atoms with E-state index in [1.165, 1.54) is 12.1 Å². The summed E-state index contributed by atoms with van der Waals surface area (Å²) in [6, 6.07) is 1.39. The van der Waals surface area contributed by atoms with Crippen LogP contribution in [-0.2, 0) is 4.74 Å². The zero-order valence-corrected chi connectivity index (χ0v) is 13.7. The zero-order valence-electron chi connectivity index (χ0n) is 11.4. The minimum atomic E-state index is -1.36. The monoisotopic (exact) mass is 383 g/mol. The lowest BCUT2D eigenvalue weighted by molar-refractivity contribution is -0.159. The van der Waals surface area contributed by atoms with Gasteiger partial charge in [0.25, 0.3) is 0 Å². The summed E-state index contributed by atoms with van der Waals surface area (Å²) in [5, 5.41) is 32.3. The van der Waals surface area contributed by atoms with Gasteiger partial charge in [0.05, 0.1) is 28.8 Å². The van der Waals surface area contributed by atoms with Crippen molar-refractivity contribution in [1.29, 1.82) is 0 Å². The number of aliphatic hydroxyl groups excluding tert-OH is 3. The van der Waals surface area contributed by atoms with E-state index in [4.69, 9.17) is 33.5 Å². The molecule has 0 bridgehead atoms. The van der Waals surface area contributed by atoms with E-state index in [0.717, 1.165) is 11.8 Å². The fraction of sp³-hybridized carbons (Fsp3) is 0.500. The van der Waals surface area contributed by atoms with Crippen LogP contribution in [0.4, 0.5) is 4.39 Å². The molecule has 7 nitrogen and oxygen atoms in total. The second-order valence-corrected chi connectivity index (χ2v) is 6.71. The van der Waals surface area contributed by atoms with Crippen molar-refractivity contribution in [2.45, 2.75) is 34.7 Å². The molecule has 0 spiro atoms. The van der Waals surface area contributed by atoms with Gasteiger partial charge in [-0.25, -0.2) is 4.39 Å². The van der Waals surface area contributed by atoms with Gasteiger partial charge in [0.15, 0.2) is 5.82 Å². The lowest BCUT2D eigenvalue weighted by Crippen LogP contribution is -2.56. The minimum Gasteiger partial charge on any atom is -0.394 e. The van der Waals surface area contributed by atoms with Crippen molar-refractivity contribution in [2.24, 2.45) is 5.11 Å². The Morgan fingerprint density at radius 1 is 1.30 bits per heavy atom. The molecule has 11 heteroatoms. The third-order valence-corrected chi connectivity index (χ3v) is 4.92. The number of hydrogen-bond acceptors (Lipinski definition) is 6. The number of nitrogens with zero attached hydrogens (tertiary/aromatic N) is 3. The third kappa shape index (κ3) is 4.01. The molecular formula is C12H12Cl2FN3O4S. The van der Waals surface area contributed by atoms with Crippen molar-refractivity contribution < 1.29 is 24.4 Å². The summed E-state index contributed by atoms with van der Waals surface area (Å²) in [6.45, 7) is -0.534. The van der Waals surface area contributed by atoms with Gasteiger partial charge < -0.3 is 20.1 Å². The first-order valence-electron chi connectivity index (χ1n) is 6.37. The predicted octanol–water partition coefficient (Wildman–Crippen LogP) is 2.34. The molecule has 2 unspecified atom stereocenters. The summed E-state index contributed by atoms with van der Waals surface area (Å²) in [4.78, 5) is 2.98. The fourth-order valence-electron chi connectivity index (χ4n) is 2.10. The molecule has 1 aromatic carbocycles. The average Bonchev–Trinajstić information content (AvgIpc) is 2.51. The van der Waals surface area contributed by atoms with E-state index in [1.54, 1.807) is 0 Å². The van der Waals surface area contributed by atoms with Crippen LogP contribution in [0.3, 0.4) is 0 Å². The number of thioether (sulfide) groups is 1. The molecule has 0 aliphatic carbocycles. The van der Waals surface area contributed by atoms with Crippen molar-refractivity contribution in [2.75, 3.05) is 6.61 Å². The summed E-state index contributed by atoms with van der Waals surface area (Å²) in [5.41, 5.74) is 7.56. The molecule has 0 aromatic heterocycles. The topological polar surface area (TPSA) is 119 Å². The number of benzene rings is 1. The van der Waals surface area contributed by atoms with Gasteiger partial charge in [0, 0.05) is 9.81 Å². The SMILES string of the molecule is [N-]=[N+]=N[C@@H]1C(O)[C@@H](Sc2cc(Cl)c(F)c(Cl)c2)OC(CO)[C@@H]1O. The normalized spacial score (nSPS) is 30.8. The highest BCUT2D eigenvalue weighted by Crippen LogP contribution is 2.37. The Hall–Kier alpha value is -0.770. The molecule has 1 fully saturated rings. The molecule has 3 N–H and O–H groups in total. The van der Waals surface area contributed by atoms with Crippen LogP contribution in [0.25, 0.3) is 10.4 Å². The molecule has 1 aromatic rings. The van der Waals surface area contributed by atoms with Crippen LogP contribution in [0.15, 0.2) is 22.1 Å².